The molecule has 0 spiro atoms. The van der Waals surface area contributed by atoms with Gasteiger partial charge in [0.15, 0.2) is 0 Å². The van der Waals surface area contributed by atoms with Crippen LogP contribution in [0.1, 0.15) is 48.4 Å². The van der Waals surface area contributed by atoms with Crippen molar-refractivity contribution >= 4 is 11.5 Å². The van der Waals surface area contributed by atoms with E-state index in [1.54, 1.807) is 6.20 Å². The summed E-state index contributed by atoms with van der Waals surface area (Å²) in [5.74, 6) is 0.404. The Morgan fingerprint density at radius 3 is 2.29 bits per heavy atom. The number of pyridine rings is 1. The molecular weight excluding hydrogens is 459 g/mol. The van der Waals surface area contributed by atoms with Gasteiger partial charge in [0.1, 0.15) is 5.82 Å². The van der Waals surface area contributed by atoms with Crippen molar-refractivity contribution in [3.8, 4) is 11.4 Å². The van der Waals surface area contributed by atoms with Crippen LogP contribution in [0, 0.1) is 6.92 Å². The number of carbonyl (C=O) groups excluding carboxylic acids is 1. The van der Waals surface area contributed by atoms with Crippen LogP contribution in [0.2, 0.25) is 0 Å². The van der Waals surface area contributed by atoms with Gasteiger partial charge in [0.2, 0.25) is 6.30 Å². The first-order chi connectivity index (χ1) is 16.6. The molecule has 0 aromatic carbocycles. The van der Waals surface area contributed by atoms with Crippen molar-refractivity contribution < 1.29 is 22.7 Å². The number of esters is 1. The first-order valence-corrected chi connectivity index (χ1v) is 11.8. The molecule has 2 unspecified atom stereocenters. The van der Waals surface area contributed by atoms with Crippen molar-refractivity contribution in [2.45, 2.75) is 52.6 Å². The lowest BCUT2D eigenvalue weighted by Crippen LogP contribution is -2.51. The highest BCUT2D eigenvalue weighted by Gasteiger charge is 2.33. The number of nitrogens with zero attached hydrogens (tertiary/aromatic N) is 5. The quantitative estimate of drug-likeness (QED) is 0.361. The first-order valence-electron chi connectivity index (χ1n) is 11.8. The van der Waals surface area contributed by atoms with Crippen LogP contribution in [0.25, 0.3) is 16.9 Å². The summed E-state index contributed by atoms with van der Waals surface area (Å²) in [5.41, 5.74) is 3.90. The molecule has 1 saturated heterocycles. The summed E-state index contributed by atoms with van der Waals surface area (Å²) >= 11 is 0. The Morgan fingerprint density at radius 1 is 1.06 bits per heavy atom. The van der Waals surface area contributed by atoms with Gasteiger partial charge < -0.3 is 13.7 Å². The third-order valence-corrected chi connectivity index (χ3v) is 6.68. The van der Waals surface area contributed by atoms with E-state index in [1.807, 2.05) is 63.8 Å². The fourth-order valence-corrected chi connectivity index (χ4v) is 4.85. The zero-order valence-electron chi connectivity index (χ0n) is 20.7. The molecule has 0 amide bonds. The molecule has 3 aromatic rings. The highest BCUT2D eigenvalue weighted by atomic mass is 19.3. The number of rotatable bonds is 7. The number of fused-ring (bicyclic) bond motifs is 1. The second-order valence-corrected chi connectivity index (χ2v) is 9.36. The summed E-state index contributed by atoms with van der Waals surface area (Å²) < 4.78 is 49.0. The van der Waals surface area contributed by atoms with Crippen molar-refractivity contribution in [2.24, 2.45) is 7.05 Å². The van der Waals surface area contributed by atoms with Gasteiger partial charge in [-0.2, -0.15) is 0 Å². The minimum Gasteiger partial charge on any atom is -0.459 e. The van der Waals surface area contributed by atoms with Gasteiger partial charge in [0.05, 0.1) is 11.7 Å². The number of carbonyl (C=O) groups is 1. The molecular formula is C25H32F3N5O2. The summed E-state index contributed by atoms with van der Waals surface area (Å²) in [6.45, 7) is 8.82. The zero-order valence-corrected chi connectivity index (χ0v) is 20.7. The van der Waals surface area contributed by atoms with Crippen LogP contribution in [0.4, 0.5) is 13.2 Å². The molecule has 1 fully saturated rings. The fourth-order valence-electron chi connectivity index (χ4n) is 4.85. The first kappa shape index (κ1) is 25.2. The number of aromatic nitrogens is 3. The summed E-state index contributed by atoms with van der Waals surface area (Å²) in [7, 11) is 1.92. The second-order valence-electron chi connectivity index (χ2n) is 9.36. The van der Waals surface area contributed by atoms with E-state index in [2.05, 4.69) is 14.3 Å². The lowest BCUT2D eigenvalue weighted by molar-refractivity contribution is -0.0688. The Hall–Kier alpha value is -2.85. The summed E-state index contributed by atoms with van der Waals surface area (Å²) in [5, 5.41) is 0. The molecule has 0 N–H and O–H groups in total. The maximum Gasteiger partial charge on any atom is 0.338 e. The molecule has 4 rings (SSSR count). The highest BCUT2D eigenvalue weighted by Crippen LogP contribution is 2.32. The van der Waals surface area contributed by atoms with E-state index in [9.17, 15) is 18.0 Å². The summed E-state index contributed by atoms with van der Waals surface area (Å²) in [6, 6.07) is 3.66. The van der Waals surface area contributed by atoms with Crippen LogP contribution in [-0.4, -0.2) is 74.7 Å². The van der Waals surface area contributed by atoms with E-state index in [4.69, 9.17) is 4.74 Å². The molecule has 0 saturated carbocycles. The molecule has 7 nitrogen and oxygen atoms in total. The van der Waals surface area contributed by atoms with Gasteiger partial charge in [-0.1, -0.05) is 0 Å². The van der Waals surface area contributed by atoms with Gasteiger partial charge in [-0.3, -0.25) is 9.80 Å². The van der Waals surface area contributed by atoms with Crippen LogP contribution in [0.3, 0.4) is 0 Å². The van der Waals surface area contributed by atoms with Gasteiger partial charge in [0.25, 0.3) is 6.43 Å². The van der Waals surface area contributed by atoms with Crippen molar-refractivity contribution in [2.75, 3.05) is 26.2 Å². The third-order valence-electron chi connectivity index (χ3n) is 6.68. The minimum absolute atomic E-state index is 0.155. The van der Waals surface area contributed by atoms with E-state index >= 15 is 0 Å². The van der Waals surface area contributed by atoms with Gasteiger partial charge in [-0.05, 0) is 45.4 Å². The predicted molar refractivity (Wildman–Crippen MR) is 127 cm³/mol. The summed E-state index contributed by atoms with van der Waals surface area (Å²) in [6.07, 6.45) is 0.0712. The Bertz CT molecular complexity index is 1200. The second kappa shape index (κ2) is 10.0. The van der Waals surface area contributed by atoms with Crippen LogP contribution in [-0.2, 0) is 11.8 Å². The van der Waals surface area contributed by atoms with Crippen molar-refractivity contribution in [3.05, 3.63) is 47.5 Å². The van der Waals surface area contributed by atoms with Crippen LogP contribution in [0.5, 0.6) is 0 Å². The van der Waals surface area contributed by atoms with Crippen LogP contribution < -0.4 is 0 Å². The monoisotopic (exact) mass is 491 g/mol. The lowest BCUT2D eigenvalue weighted by atomic mass is 10.0. The number of hydrogen-bond acceptors (Lipinski definition) is 5. The number of piperazine rings is 1. The van der Waals surface area contributed by atoms with Gasteiger partial charge in [0, 0.05) is 74.6 Å². The lowest BCUT2D eigenvalue weighted by Gasteiger charge is -2.39. The molecule has 190 valence electrons. The van der Waals surface area contributed by atoms with E-state index in [0.29, 0.717) is 18.7 Å². The fraction of sp³-hybridized carbons (Fsp3) is 0.520. The molecule has 1 aliphatic rings. The van der Waals surface area contributed by atoms with Crippen molar-refractivity contribution in [1.82, 2.24) is 23.8 Å². The molecule has 1 aliphatic heterocycles. The minimum atomic E-state index is -3.02. The Labute approximate surface area is 203 Å². The molecule has 0 bridgehead atoms. The highest BCUT2D eigenvalue weighted by molar-refractivity contribution is 5.93. The van der Waals surface area contributed by atoms with Crippen LogP contribution >= 0.6 is 0 Å². The van der Waals surface area contributed by atoms with Crippen LogP contribution in [0.15, 0.2) is 30.7 Å². The maximum atomic E-state index is 13.8. The number of imidazole rings is 1. The number of alkyl halides is 3. The standard InChI is InChI=1S/C25H32F3N5O2/c1-15(2)35-25(34)20-13-19-12-18(24-29-6-7-30(24)5)14-33(19)21(16(20)3)17(4)31-8-10-32(11-9-31)23(28)22(26)27/h6-7,12-15,17,22-23H,8-11H2,1-5H3. The largest absolute Gasteiger partial charge is 0.459 e. The molecule has 2 atom stereocenters. The zero-order chi connectivity index (χ0) is 25.4. The Kier molecular flexibility index (Phi) is 7.23. The molecule has 4 heterocycles. The number of aryl methyl sites for hydroxylation is 1. The van der Waals surface area contributed by atoms with E-state index in [1.165, 1.54) is 4.90 Å². The Balaban J connectivity index is 1.74. The normalized spacial score (nSPS) is 17.4. The van der Waals surface area contributed by atoms with E-state index in [0.717, 1.165) is 28.2 Å². The average molecular weight is 492 g/mol. The number of hydrogen-bond donors (Lipinski definition) is 0. The maximum absolute atomic E-state index is 13.8. The van der Waals surface area contributed by atoms with Gasteiger partial charge >= 0.3 is 5.97 Å². The number of ether oxygens (including phenoxy) is 1. The Morgan fingerprint density at radius 2 is 1.71 bits per heavy atom. The van der Waals surface area contributed by atoms with E-state index in [-0.39, 0.29) is 25.2 Å². The predicted octanol–water partition coefficient (Wildman–Crippen LogP) is 4.45. The molecule has 0 radical (unpaired) electrons. The molecule has 10 heteroatoms. The smallest absolute Gasteiger partial charge is 0.338 e. The van der Waals surface area contributed by atoms with Gasteiger partial charge in [-0.25, -0.2) is 22.9 Å². The third kappa shape index (κ3) is 4.95. The average Bonchev–Trinajstić information content (AvgIpc) is 3.42. The SMILES string of the molecule is Cc1c(C(=O)OC(C)C)cc2cc(-c3nccn3C)cn2c1C(C)N1CCN(C(F)C(F)F)CC1. The van der Waals surface area contributed by atoms with Gasteiger partial charge in [-0.15, -0.1) is 0 Å². The molecule has 3 aromatic heterocycles. The molecule has 0 aliphatic carbocycles. The van der Waals surface area contributed by atoms with E-state index < -0.39 is 18.7 Å². The van der Waals surface area contributed by atoms with Crippen molar-refractivity contribution in [1.29, 1.82) is 0 Å². The van der Waals surface area contributed by atoms with Crippen molar-refractivity contribution in [3.63, 3.8) is 0 Å². The summed E-state index contributed by atoms with van der Waals surface area (Å²) in [4.78, 5) is 20.7. The topological polar surface area (TPSA) is 55.0 Å². The number of halogens is 3. The molecule has 35 heavy (non-hydrogen) atoms.